The SMILES string of the molecule is CC1=[C-]C(C)C(C)=C1C.Clc1cccc2c(-c3ccccc3)c[cH-]c12.[CH3-].[CH3-].[Si]=[Zr]. The van der Waals surface area contributed by atoms with E-state index in [-0.39, 0.29) is 14.9 Å². The monoisotopic (exact) mass is 494 g/mol. The van der Waals surface area contributed by atoms with E-state index in [1.807, 2.05) is 18.2 Å². The summed E-state index contributed by atoms with van der Waals surface area (Å²) in [4.78, 5) is 0. The van der Waals surface area contributed by atoms with Gasteiger partial charge in [0.1, 0.15) is 0 Å². The van der Waals surface area contributed by atoms with Crippen LogP contribution >= 0.6 is 11.6 Å². The molecule has 0 saturated carbocycles. The first-order chi connectivity index (χ1) is 13.0. The molecule has 0 nitrogen and oxygen atoms in total. The van der Waals surface area contributed by atoms with E-state index in [4.69, 9.17) is 11.6 Å². The quantitative estimate of drug-likeness (QED) is 0.236. The Hall–Kier alpha value is -1.08. The Balaban J connectivity index is 0.000000524. The van der Waals surface area contributed by atoms with E-state index in [0.29, 0.717) is 5.92 Å². The summed E-state index contributed by atoms with van der Waals surface area (Å²) in [7, 11) is 0. The number of hydrogen-bond donors (Lipinski definition) is 0. The third-order valence-electron chi connectivity index (χ3n) is 5.08. The topological polar surface area (TPSA) is 0 Å². The zero-order valence-corrected chi connectivity index (χ0v) is 22.4. The van der Waals surface area contributed by atoms with Crippen LogP contribution in [-0.2, 0) is 23.3 Å². The van der Waals surface area contributed by atoms with Gasteiger partial charge in [-0.3, -0.25) is 6.08 Å². The molecule has 1 unspecified atom stereocenters. The second-order valence-corrected chi connectivity index (χ2v) is 7.02. The molecular weight excluding hydrogens is 467 g/mol. The van der Waals surface area contributed by atoms with Crippen LogP contribution in [0.15, 0.2) is 77.4 Å². The Morgan fingerprint density at radius 3 is 2.07 bits per heavy atom. The van der Waals surface area contributed by atoms with Crippen LogP contribution in [0.3, 0.4) is 0 Å². The van der Waals surface area contributed by atoms with E-state index >= 15 is 0 Å². The molecule has 0 spiro atoms. The van der Waals surface area contributed by atoms with Crippen molar-refractivity contribution in [2.24, 2.45) is 5.92 Å². The van der Waals surface area contributed by atoms with Gasteiger partial charge >= 0.3 is 30.2 Å². The maximum absolute atomic E-state index is 6.16. The molecule has 2 radical (unpaired) electrons. The zero-order valence-electron chi connectivity index (χ0n) is 18.2. The zero-order chi connectivity index (χ0) is 20.0. The first-order valence-electron chi connectivity index (χ1n) is 8.91. The van der Waals surface area contributed by atoms with E-state index in [0.717, 1.165) is 10.4 Å². The van der Waals surface area contributed by atoms with E-state index in [9.17, 15) is 0 Å². The Kier molecular flexibility index (Phi) is 12.8. The predicted octanol–water partition coefficient (Wildman–Crippen LogP) is 8.12. The summed E-state index contributed by atoms with van der Waals surface area (Å²) in [6, 6.07) is 20.6. The average Bonchev–Trinajstić information content (AvgIpc) is 3.23. The van der Waals surface area contributed by atoms with Crippen molar-refractivity contribution in [1.82, 2.24) is 0 Å². The minimum absolute atomic E-state index is 0. The van der Waals surface area contributed by atoms with Gasteiger partial charge in [0.2, 0.25) is 0 Å². The van der Waals surface area contributed by atoms with Gasteiger partial charge in [-0.15, -0.1) is 53.1 Å². The molecule has 4 rings (SSSR count). The molecule has 0 fully saturated rings. The molecule has 0 saturated heterocycles. The molecule has 1 aliphatic rings. The molecule has 0 aliphatic heterocycles. The van der Waals surface area contributed by atoms with E-state index in [2.05, 4.69) is 83.1 Å². The van der Waals surface area contributed by atoms with Gasteiger partial charge in [0.15, 0.2) is 0 Å². The molecule has 3 heteroatoms. The van der Waals surface area contributed by atoms with Gasteiger partial charge in [-0.05, 0) is 5.02 Å². The van der Waals surface area contributed by atoms with Crippen LogP contribution in [0.1, 0.15) is 27.7 Å². The summed E-state index contributed by atoms with van der Waals surface area (Å²) in [5.74, 6) is 0.560. The Labute approximate surface area is 199 Å². The number of allylic oxidation sites excluding steroid dienone is 4. The Morgan fingerprint density at radius 2 is 1.59 bits per heavy atom. The summed E-state index contributed by atoms with van der Waals surface area (Å²) in [6.07, 6.45) is 3.36. The Bertz CT molecular complexity index is 967. The van der Waals surface area contributed by atoms with Crippen molar-refractivity contribution in [1.29, 1.82) is 0 Å². The van der Waals surface area contributed by atoms with E-state index < -0.39 is 0 Å². The van der Waals surface area contributed by atoms with Gasteiger partial charge in [-0.2, -0.15) is 11.1 Å². The predicted molar refractivity (Wildman–Crippen MR) is 129 cm³/mol. The van der Waals surface area contributed by atoms with Gasteiger partial charge < -0.3 is 14.9 Å². The van der Waals surface area contributed by atoms with Crippen molar-refractivity contribution in [3.8, 4) is 11.1 Å². The van der Waals surface area contributed by atoms with Crippen molar-refractivity contribution in [3.63, 3.8) is 0 Å². The normalized spacial score (nSPS) is 14.5. The Morgan fingerprint density at radius 1 is 0.966 bits per heavy atom. The summed E-state index contributed by atoms with van der Waals surface area (Å²) in [5, 5.41) is 3.17. The molecule has 3 aromatic carbocycles. The van der Waals surface area contributed by atoms with Gasteiger partial charge in [0.05, 0.1) is 0 Å². The fourth-order valence-electron chi connectivity index (χ4n) is 3.23. The van der Waals surface area contributed by atoms with Crippen molar-refractivity contribution in [2.45, 2.75) is 27.7 Å². The van der Waals surface area contributed by atoms with Crippen molar-refractivity contribution in [3.05, 3.63) is 103 Å². The summed E-state index contributed by atoms with van der Waals surface area (Å²) in [5.41, 5.74) is 6.73. The molecule has 0 bridgehead atoms. The number of halogens is 1. The molecular formula is C26H29ClSiZr-4. The average molecular weight is 496 g/mol. The first kappa shape index (κ1) is 27.9. The number of benzene rings is 2. The summed E-state index contributed by atoms with van der Waals surface area (Å²) < 4.78 is 0. The standard InChI is InChI=1S/C15H10Cl.C9H13.2CH3.Si.Zr/c16-15-8-4-7-13-12(9-10-14(13)15)11-5-2-1-3-6-11;1-6-5-7(2)9(4)8(6)3;;;;/h1-10H;6H,1-4H3;2*1H3;;/q4*-1;;. The number of hydrogen-bond acceptors (Lipinski definition) is 0. The van der Waals surface area contributed by atoms with Crippen molar-refractivity contribution < 1.29 is 23.3 Å². The second-order valence-electron chi connectivity index (χ2n) is 6.61. The van der Waals surface area contributed by atoms with Crippen LogP contribution in [0, 0.1) is 26.8 Å². The number of rotatable bonds is 1. The van der Waals surface area contributed by atoms with Crippen molar-refractivity contribution in [2.75, 3.05) is 0 Å². The maximum atomic E-state index is 6.16. The van der Waals surface area contributed by atoms with E-state index in [1.54, 1.807) is 0 Å². The molecule has 1 atom stereocenters. The van der Waals surface area contributed by atoms with Gasteiger partial charge in [0.25, 0.3) is 0 Å². The van der Waals surface area contributed by atoms with Crippen LogP contribution in [0.5, 0.6) is 0 Å². The molecule has 3 aromatic rings. The number of fused-ring (bicyclic) bond motifs is 1. The van der Waals surface area contributed by atoms with Crippen LogP contribution in [0.4, 0.5) is 0 Å². The molecule has 152 valence electrons. The molecule has 0 heterocycles. The second kappa shape index (κ2) is 13.3. The molecule has 0 N–H and O–H groups in total. The third-order valence-corrected chi connectivity index (χ3v) is 5.41. The fourth-order valence-corrected chi connectivity index (χ4v) is 3.47. The minimum atomic E-state index is 0. The van der Waals surface area contributed by atoms with Crippen LogP contribution in [0.25, 0.3) is 21.9 Å². The van der Waals surface area contributed by atoms with Gasteiger partial charge in [-0.1, -0.05) is 74.7 Å². The van der Waals surface area contributed by atoms with Crippen LogP contribution in [0.2, 0.25) is 5.02 Å². The first-order valence-corrected chi connectivity index (χ1v) is 13.5. The summed E-state index contributed by atoms with van der Waals surface area (Å²) >= 11 is 7.51. The third kappa shape index (κ3) is 6.71. The molecule has 0 amide bonds. The van der Waals surface area contributed by atoms with Gasteiger partial charge in [-0.25, -0.2) is 5.57 Å². The van der Waals surface area contributed by atoms with Gasteiger partial charge in [0, 0.05) is 0 Å². The fraction of sp³-hybridized carbons (Fsp3) is 0.192. The van der Waals surface area contributed by atoms with E-state index in [1.165, 1.54) is 56.6 Å². The summed E-state index contributed by atoms with van der Waals surface area (Å²) in [6.45, 7) is 11.7. The molecule has 0 aromatic heterocycles. The van der Waals surface area contributed by atoms with Crippen LogP contribution < -0.4 is 0 Å². The van der Waals surface area contributed by atoms with Crippen LogP contribution in [-0.4, -0.2) is 6.88 Å². The molecule has 1 aliphatic carbocycles. The molecule has 29 heavy (non-hydrogen) atoms. The van der Waals surface area contributed by atoms with Crippen molar-refractivity contribution >= 4 is 29.3 Å².